The average Bonchev–Trinajstić information content (AvgIpc) is 2.91. The number of carbonyl (C=O) groups excluding carboxylic acids is 1. The first-order valence-electron chi connectivity index (χ1n) is 6.65. The number of halogens is 3. The van der Waals surface area contributed by atoms with Gasteiger partial charge in [0, 0.05) is 11.8 Å². The maximum atomic E-state index is 12.8. The largest absolute Gasteiger partial charge is 0.459 e. The molecule has 1 aliphatic heterocycles. The van der Waals surface area contributed by atoms with Gasteiger partial charge in [-0.25, -0.2) is 0 Å². The van der Waals surface area contributed by atoms with Crippen LogP contribution in [0.2, 0.25) is 0 Å². The molecule has 1 heterocycles. The van der Waals surface area contributed by atoms with Gasteiger partial charge in [-0.05, 0) is 26.7 Å². The molecular formula is C12H15F3O5S. The third-order valence-corrected chi connectivity index (χ3v) is 6.65. The Labute approximate surface area is 119 Å². The van der Waals surface area contributed by atoms with Gasteiger partial charge in [-0.3, -0.25) is 8.98 Å². The lowest BCUT2D eigenvalue weighted by molar-refractivity contribution is -0.230. The van der Waals surface area contributed by atoms with Gasteiger partial charge < -0.3 is 4.74 Å². The topological polar surface area (TPSA) is 69.7 Å². The minimum atomic E-state index is -4.73. The molecule has 3 aliphatic rings. The van der Waals surface area contributed by atoms with Crippen molar-refractivity contribution in [2.45, 2.75) is 50.3 Å². The summed E-state index contributed by atoms with van der Waals surface area (Å²) in [7, 11) is -3.68. The Hall–Kier alpha value is -0.830. The zero-order chi connectivity index (χ0) is 15.8. The molecule has 0 N–H and O–H groups in total. The van der Waals surface area contributed by atoms with E-state index in [2.05, 4.69) is 0 Å². The molecule has 5 unspecified atom stereocenters. The molecule has 0 aromatic heterocycles. The zero-order valence-corrected chi connectivity index (χ0v) is 12.2. The summed E-state index contributed by atoms with van der Waals surface area (Å²) in [5.41, 5.74) is -2.63. The van der Waals surface area contributed by atoms with Crippen molar-refractivity contribution in [3.63, 3.8) is 0 Å². The van der Waals surface area contributed by atoms with E-state index in [-0.39, 0.29) is 18.3 Å². The van der Waals surface area contributed by atoms with Gasteiger partial charge in [-0.1, -0.05) is 0 Å². The van der Waals surface area contributed by atoms with Gasteiger partial charge in [0.25, 0.3) is 10.1 Å². The maximum absolute atomic E-state index is 12.8. The maximum Gasteiger partial charge on any atom is 0.404 e. The third kappa shape index (κ3) is 2.00. The molecule has 3 rings (SSSR count). The summed E-state index contributed by atoms with van der Waals surface area (Å²) in [5, 5.41) is -0.599. The van der Waals surface area contributed by atoms with Crippen molar-refractivity contribution in [1.29, 1.82) is 0 Å². The Kier molecular flexibility index (Phi) is 2.96. The van der Waals surface area contributed by atoms with E-state index in [9.17, 15) is 26.4 Å². The molecule has 9 heteroatoms. The molecule has 2 bridgehead atoms. The second-order valence-corrected chi connectivity index (χ2v) is 8.26. The number of hydrogen-bond acceptors (Lipinski definition) is 5. The Balaban J connectivity index is 1.78. The fourth-order valence-electron chi connectivity index (χ4n) is 3.43. The van der Waals surface area contributed by atoms with Gasteiger partial charge in [0.05, 0.1) is 5.25 Å². The van der Waals surface area contributed by atoms with E-state index in [1.807, 2.05) is 0 Å². The van der Waals surface area contributed by atoms with Crippen molar-refractivity contribution in [1.82, 2.24) is 0 Å². The van der Waals surface area contributed by atoms with Crippen LogP contribution in [0.4, 0.5) is 13.2 Å². The fraction of sp³-hybridized carbons (Fsp3) is 0.917. The van der Waals surface area contributed by atoms with E-state index < -0.39 is 45.1 Å². The summed E-state index contributed by atoms with van der Waals surface area (Å²) in [6, 6.07) is 0. The first-order chi connectivity index (χ1) is 9.45. The van der Waals surface area contributed by atoms with Gasteiger partial charge in [0.2, 0.25) is 0 Å². The normalized spacial score (nSPS) is 40.5. The minimum Gasteiger partial charge on any atom is -0.459 e. The summed E-state index contributed by atoms with van der Waals surface area (Å²) in [4.78, 5) is 11.8. The lowest BCUT2D eigenvalue weighted by Gasteiger charge is -2.31. The summed E-state index contributed by atoms with van der Waals surface area (Å²) in [6.07, 6.45) is -5.66. The van der Waals surface area contributed by atoms with Crippen LogP contribution in [0.5, 0.6) is 0 Å². The average molecular weight is 328 g/mol. The molecule has 2 aliphatic carbocycles. The lowest BCUT2D eigenvalue weighted by Crippen LogP contribution is -2.45. The highest BCUT2D eigenvalue weighted by atomic mass is 32.2. The zero-order valence-electron chi connectivity index (χ0n) is 11.4. The molecule has 5 nitrogen and oxygen atoms in total. The van der Waals surface area contributed by atoms with Gasteiger partial charge in [-0.15, -0.1) is 0 Å². The van der Waals surface area contributed by atoms with Crippen LogP contribution < -0.4 is 0 Å². The Bertz CT molecular complexity index is 582. The number of fused-ring (bicyclic) bond motifs is 1. The second-order valence-electron chi connectivity index (χ2n) is 6.48. The highest BCUT2D eigenvalue weighted by molar-refractivity contribution is 7.87. The second kappa shape index (κ2) is 4.13. The van der Waals surface area contributed by atoms with E-state index >= 15 is 0 Å². The van der Waals surface area contributed by atoms with Gasteiger partial charge in [0.1, 0.15) is 12.2 Å². The van der Waals surface area contributed by atoms with Crippen LogP contribution in [0.25, 0.3) is 0 Å². The minimum absolute atomic E-state index is 0.241. The van der Waals surface area contributed by atoms with Crippen LogP contribution in [-0.2, 0) is 23.8 Å². The number of carbonyl (C=O) groups is 1. The number of esters is 1. The summed E-state index contributed by atoms with van der Waals surface area (Å²) >= 11 is 0. The van der Waals surface area contributed by atoms with Crippen molar-refractivity contribution in [2.75, 3.05) is 0 Å². The highest BCUT2D eigenvalue weighted by Crippen LogP contribution is 2.55. The molecule has 3 fully saturated rings. The third-order valence-electron chi connectivity index (χ3n) is 4.88. The number of alkyl halides is 3. The van der Waals surface area contributed by atoms with Gasteiger partial charge in [0.15, 0.2) is 5.41 Å². The molecule has 1 saturated heterocycles. The molecule has 0 spiro atoms. The standard InChI is InChI=1S/C12H15F3O5S/c1-11(2,12(13,14)15)10(16)19-8-5-3-6-7(4-5)21(17,18)20-9(6)8/h5-9H,3-4H2,1-2H3. The van der Waals surface area contributed by atoms with E-state index in [0.29, 0.717) is 6.42 Å². The van der Waals surface area contributed by atoms with Crippen molar-refractivity contribution in [3.05, 3.63) is 0 Å². The molecule has 0 aromatic carbocycles. The van der Waals surface area contributed by atoms with Crippen LogP contribution in [0, 0.1) is 17.3 Å². The molecule has 2 saturated carbocycles. The Morgan fingerprint density at radius 2 is 1.86 bits per heavy atom. The summed E-state index contributed by atoms with van der Waals surface area (Å²) in [6.45, 7) is 1.50. The van der Waals surface area contributed by atoms with Crippen molar-refractivity contribution >= 4 is 16.1 Å². The van der Waals surface area contributed by atoms with Crippen molar-refractivity contribution in [3.8, 4) is 0 Å². The van der Waals surface area contributed by atoms with E-state index in [0.717, 1.165) is 13.8 Å². The first kappa shape index (κ1) is 15.1. The predicted octanol–water partition coefficient (Wildman–Crippen LogP) is 1.62. The lowest BCUT2D eigenvalue weighted by atomic mass is 9.91. The molecular weight excluding hydrogens is 313 g/mol. The van der Waals surface area contributed by atoms with E-state index in [1.165, 1.54) is 0 Å². The smallest absolute Gasteiger partial charge is 0.404 e. The molecule has 0 amide bonds. The Morgan fingerprint density at radius 3 is 2.43 bits per heavy atom. The SMILES string of the molecule is CC(C)(C(=O)OC1C2CC3C1OS(=O)(=O)C3C2)C(F)(F)F. The molecule has 21 heavy (non-hydrogen) atoms. The molecule has 0 radical (unpaired) electrons. The monoisotopic (exact) mass is 328 g/mol. The van der Waals surface area contributed by atoms with Crippen LogP contribution in [0.15, 0.2) is 0 Å². The Morgan fingerprint density at radius 1 is 1.24 bits per heavy atom. The van der Waals surface area contributed by atoms with Crippen LogP contribution in [0.1, 0.15) is 26.7 Å². The van der Waals surface area contributed by atoms with E-state index in [1.54, 1.807) is 0 Å². The fourth-order valence-corrected chi connectivity index (χ4v) is 5.31. The number of ether oxygens (including phenoxy) is 1. The van der Waals surface area contributed by atoms with Gasteiger partial charge in [-0.2, -0.15) is 21.6 Å². The number of hydrogen-bond donors (Lipinski definition) is 0. The molecule has 5 atom stereocenters. The highest BCUT2D eigenvalue weighted by Gasteiger charge is 2.66. The summed E-state index contributed by atoms with van der Waals surface area (Å²) < 4.78 is 71.9. The first-order valence-corrected chi connectivity index (χ1v) is 8.12. The molecule has 120 valence electrons. The van der Waals surface area contributed by atoms with Crippen LogP contribution >= 0.6 is 0 Å². The van der Waals surface area contributed by atoms with Crippen molar-refractivity contribution in [2.24, 2.45) is 17.3 Å². The van der Waals surface area contributed by atoms with Crippen LogP contribution in [0.3, 0.4) is 0 Å². The van der Waals surface area contributed by atoms with Crippen LogP contribution in [-0.4, -0.2) is 38.0 Å². The molecule has 0 aromatic rings. The van der Waals surface area contributed by atoms with Crippen molar-refractivity contribution < 1.29 is 35.3 Å². The van der Waals surface area contributed by atoms with Gasteiger partial charge >= 0.3 is 12.1 Å². The summed E-state index contributed by atoms with van der Waals surface area (Å²) in [5.74, 6) is -1.90. The van der Waals surface area contributed by atoms with E-state index in [4.69, 9.17) is 8.92 Å². The number of rotatable bonds is 2. The quantitative estimate of drug-likeness (QED) is 0.569. The predicted molar refractivity (Wildman–Crippen MR) is 63.5 cm³/mol.